The number of aromatic nitrogens is 1. The highest BCUT2D eigenvalue weighted by Gasteiger charge is 2.30. The van der Waals surface area contributed by atoms with Gasteiger partial charge in [-0.1, -0.05) is 18.2 Å². The smallest absolute Gasteiger partial charge is 0.273 e. The van der Waals surface area contributed by atoms with Gasteiger partial charge in [-0.3, -0.25) is 4.79 Å². The van der Waals surface area contributed by atoms with Gasteiger partial charge in [-0.25, -0.2) is 9.37 Å². The fourth-order valence-corrected chi connectivity index (χ4v) is 4.73. The molecule has 2 heterocycles. The summed E-state index contributed by atoms with van der Waals surface area (Å²) in [5.74, 6) is 0.634. The van der Waals surface area contributed by atoms with Gasteiger partial charge in [0.05, 0.1) is 6.61 Å². The number of hydrogen-bond donors (Lipinski definition) is 1. The van der Waals surface area contributed by atoms with Crippen molar-refractivity contribution in [2.75, 3.05) is 33.4 Å². The van der Waals surface area contributed by atoms with Gasteiger partial charge in [0, 0.05) is 50.2 Å². The van der Waals surface area contributed by atoms with E-state index in [2.05, 4.69) is 5.32 Å². The van der Waals surface area contributed by atoms with Crippen LogP contribution < -0.4 is 14.8 Å². The minimum Gasteiger partial charge on any atom is -0.493 e. The Morgan fingerprint density at radius 1 is 1.14 bits per heavy atom. The lowest BCUT2D eigenvalue weighted by atomic mass is 10.0. The first kappa shape index (κ1) is 26.8. The Labute approximate surface area is 217 Å². The molecule has 37 heavy (non-hydrogen) atoms. The van der Waals surface area contributed by atoms with Crippen molar-refractivity contribution < 1.29 is 23.4 Å². The number of nitrogens with zero attached hydrogens (tertiary/aromatic N) is 2. The topological polar surface area (TPSA) is 72.9 Å². The van der Waals surface area contributed by atoms with Crippen LogP contribution in [0.5, 0.6) is 11.5 Å². The van der Waals surface area contributed by atoms with E-state index < -0.39 is 0 Å². The highest BCUT2D eigenvalue weighted by atomic mass is 19.1. The van der Waals surface area contributed by atoms with Gasteiger partial charge in [0.25, 0.3) is 5.91 Å². The molecule has 1 amide bonds. The molecule has 198 valence electrons. The summed E-state index contributed by atoms with van der Waals surface area (Å²) < 4.78 is 31.0. The lowest BCUT2D eigenvalue weighted by Crippen LogP contribution is -2.51. The zero-order valence-electron chi connectivity index (χ0n) is 21.8. The number of para-hydroxylation sites is 1. The van der Waals surface area contributed by atoms with Gasteiger partial charge >= 0.3 is 0 Å². The first-order valence-corrected chi connectivity index (χ1v) is 12.9. The number of pyridine rings is 1. The van der Waals surface area contributed by atoms with E-state index in [-0.39, 0.29) is 30.4 Å². The minimum absolute atomic E-state index is 0.0143. The van der Waals surface area contributed by atoms with Crippen molar-refractivity contribution in [3.05, 3.63) is 65.6 Å². The molecular formula is C29H36FN3O4. The van der Waals surface area contributed by atoms with Gasteiger partial charge in [0.2, 0.25) is 0 Å². The fraction of sp³-hybridized carbons (Fsp3) is 0.448. The van der Waals surface area contributed by atoms with Gasteiger partial charge in [-0.15, -0.1) is 0 Å². The third-order valence-electron chi connectivity index (χ3n) is 6.47. The van der Waals surface area contributed by atoms with Crippen LogP contribution >= 0.6 is 0 Å². The number of benzene rings is 2. The summed E-state index contributed by atoms with van der Waals surface area (Å²) in [7, 11) is 1.65. The number of methoxy groups -OCH3 is 1. The van der Waals surface area contributed by atoms with Crippen LogP contribution in [0.3, 0.4) is 0 Å². The molecule has 4 rings (SSSR count). The molecule has 0 spiro atoms. The number of piperidine rings is 1. The molecular weight excluding hydrogens is 473 g/mol. The van der Waals surface area contributed by atoms with Crippen molar-refractivity contribution in [2.24, 2.45) is 0 Å². The van der Waals surface area contributed by atoms with E-state index in [4.69, 9.17) is 19.2 Å². The number of carbonyl (C=O) groups is 1. The Hall–Kier alpha value is -3.23. The average Bonchev–Trinajstić information content (AvgIpc) is 2.90. The maximum absolute atomic E-state index is 13.9. The molecule has 1 atom stereocenters. The molecule has 8 heteroatoms. The second-order valence-corrected chi connectivity index (χ2v) is 9.58. The lowest BCUT2D eigenvalue weighted by Gasteiger charge is -2.37. The lowest BCUT2D eigenvalue weighted by molar-refractivity contribution is 0.0567. The van der Waals surface area contributed by atoms with E-state index in [1.165, 1.54) is 12.1 Å². The summed E-state index contributed by atoms with van der Waals surface area (Å²) in [4.78, 5) is 20.6. The molecule has 0 bridgehead atoms. The molecule has 1 aromatic heterocycles. The standard InChI is InChI=1S/C29H36FN3O4/c1-20(2)33(23-10-6-13-31-18-23)29(34)25-17-27(36-15-7-14-35-3)24-11-5-12-26(28(24)32-25)37-19-21-8-4-9-22(30)16-21/h4-5,8-9,11-12,16-17,20,23,31H,6-7,10,13-15,18-19H2,1-3H3/t23-/m1/s1. The molecule has 0 unspecified atom stereocenters. The molecule has 0 aliphatic carbocycles. The largest absolute Gasteiger partial charge is 0.493 e. The Morgan fingerprint density at radius 2 is 1.97 bits per heavy atom. The van der Waals surface area contributed by atoms with Gasteiger partial charge in [-0.2, -0.15) is 0 Å². The Kier molecular flexibility index (Phi) is 9.30. The predicted octanol–water partition coefficient (Wildman–Crippen LogP) is 4.97. The zero-order valence-corrected chi connectivity index (χ0v) is 21.8. The minimum atomic E-state index is -0.317. The normalized spacial score (nSPS) is 15.6. The number of amides is 1. The van der Waals surface area contributed by atoms with Crippen LogP contribution in [0, 0.1) is 5.82 Å². The van der Waals surface area contributed by atoms with E-state index in [0.29, 0.717) is 47.9 Å². The van der Waals surface area contributed by atoms with Crippen LogP contribution in [-0.2, 0) is 11.3 Å². The quantitative estimate of drug-likeness (QED) is 0.368. The number of fused-ring (bicyclic) bond motifs is 1. The molecule has 1 N–H and O–H groups in total. The third kappa shape index (κ3) is 6.76. The van der Waals surface area contributed by atoms with E-state index >= 15 is 0 Å². The summed E-state index contributed by atoms with van der Waals surface area (Å²) in [5, 5.41) is 4.16. The van der Waals surface area contributed by atoms with Crippen molar-refractivity contribution in [2.45, 2.75) is 51.8 Å². The maximum Gasteiger partial charge on any atom is 0.273 e. The molecule has 3 aromatic rings. The second kappa shape index (κ2) is 12.8. The fourth-order valence-electron chi connectivity index (χ4n) is 4.73. The van der Waals surface area contributed by atoms with Crippen LogP contribution in [0.1, 0.15) is 49.2 Å². The zero-order chi connectivity index (χ0) is 26.2. The summed E-state index contributed by atoms with van der Waals surface area (Å²) in [6.07, 6.45) is 2.69. The van der Waals surface area contributed by atoms with Crippen molar-refractivity contribution in [1.82, 2.24) is 15.2 Å². The van der Waals surface area contributed by atoms with Crippen LogP contribution in [0.4, 0.5) is 4.39 Å². The molecule has 1 fully saturated rings. The van der Waals surface area contributed by atoms with Gasteiger partial charge in [0.15, 0.2) is 0 Å². The van der Waals surface area contributed by atoms with Gasteiger partial charge in [0.1, 0.15) is 35.1 Å². The van der Waals surface area contributed by atoms with E-state index in [9.17, 15) is 9.18 Å². The highest BCUT2D eigenvalue weighted by molar-refractivity contribution is 5.98. The molecule has 1 aliphatic heterocycles. The monoisotopic (exact) mass is 509 g/mol. The van der Waals surface area contributed by atoms with Crippen molar-refractivity contribution >= 4 is 16.8 Å². The summed E-state index contributed by atoms with van der Waals surface area (Å²) >= 11 is 0. The van der Waals surface area contributed by atoms with Gasteiger partial charge < -0.3 is 24.4 Å². The Morgan fingerprint density at radius 3 is 2.70 bits per heavy atom. The van der Waals surface area contributed by atoms with E-state index in [1.54, 1.807) is 25.3 Å². The van der Waals surface area contributed by atoms with Crippen LogP contribution in [0.2, 0.25) is 0 Å². The first-order valence-electron chi connectivity index (χ1n) is 12.9. The number of nitrogens with one attached hydrogen (secondary N) is 1. The molecule has 0 saturated carbocycles. The molecule has 7 nitrogen and oxygen atoms in total. The molecule has 1 aliphatic rings. The van der Waals surface area contributed by atoms with Crippen LogP contribution in [-0.4, -0.2) is 61.3 Å². The molecule has 2 aromatic carbocycles. The number of carbonyl (C=O) groups excluding carboxylic acids is 1. The summed E-state index contributed by atoms with van der Waals surface area (Å²) in [6, 6.07) is 13.7. The number of rotatable bonds is 11. The molecule has 0 radical (unpaired) electrons. The highest BCUT2D eigenvalue weighted by Crippen LogP contribution is 2.33. The molecule has 1 saturated heterocycles. The summed E-state index contributed by atoms with van der Waals surface area (Å²) in [6.45, 7) is 6.98. The SMILES string of the molecule is COCCCOc1cc(C(=O)N(C(C)C)[C@@H]2CCCNC2)nc2c(OCc3cccc(F)c3)cccc12. The second-order valence-electron chi connectivity index (χ2n) is 9.58. The maximum atomic E-state index is 13.9. The number of halogens is 1. The Bertz CT molecular complexity index is 1200. The van der Waals surface area contributed by atoms with E-state index in [0.717, 1.165) is 31.3 Å². The predicted molar refractivity (Wildman–Crippen MR) is 142 cm³/mol. The van der Waals surface area contributed by atoms with Crippen LogP contribution in [0.25, 0.3) is 10.9 Å². The number of ether oxygens (including phenoxy) is 3. The number of hydrogen-bond acceptors (Lipinski definition) is 6. The van der Waals surface area contributed by atoms with Crippen LogP contribution in [0.15, 0.2) is 48.5 Å². The van der Waals surface area contributed by atoms with E-state index in [1.807, 2.05) is 36.9 Å². The average molecular weight is 510 g/mol. The van der Waals surface area contributed by atoms with Crippen molar-refractivity contribution in [3.63, 3.8) is 0 Å². The van der Waals surface area contributed by atoms with Gasteiger partial charge in [-0.05, 0) is 63.1 Å². The van der Waals surface area contributed by atoms with Crippen molar-refractivity contribution in [3.8, 4) is 11.5 Å². The Balaban J connectivity index is 1.70. The van der Waals surface area contributed by atoms with Crippen molar-refractivity contribution in [1.29, 1.82) is 0 Å². The first-order chi connectivity index (χ1) is 18.0. The summed E-state index contributed by atoms with van der Waals surface area (Å²) in [5.41, 5.74) is 1.56. The third-order valence-corrected chi connectivity index (χ3v) is 6.47.